The van der Waals surface area contributed by atoms with Gasteiger partial charge in [-0.25, -0.2) is 9.18 Å². The zero-order valence-electron chi connectivity index (χ0n) is 17.5. The van der Waals surface area contributed by atoms with Gasteiger partial charge in [0.15, 0.2) is 0 Å². The van der Waals surface area contributed by atoms with Crippen molar-refractivity contribution in [1.82, 2.24) is 4.90 Å². The molecule has 1 heterocycles. The summed E-state index contributed by atoms with van der Waals surface area (Å²) in [5, 5.41) is 11.5. The predicted octanol–water partition coefficient (Wildman–Crippen LogP) is 4.12. The van der Waals surface area contributed by atoms with E-state index in [9.17, 15) is 14.3 Å². The number of nitrogens with zero attached hydrogens (tertiary/aromatic N) is 1. The number of carbonyl (C=O) groups is 1. The number of benzene rings is 1. The lowest BCUT2D eigenvalue weighted by Gasteiger charge is -2.42. The lowest BCUT2D eigenvalue weighted by Crippen LogP contribution is -2.55. The lowest BCUT2D eigenvalue weighted by atomic mass is 9.82. The minimum atomic E-state index is -1.65. The third-order valence-corrected chi connectivity index (χ3v) is 5.12. The number of morpholine rings is 1. The van der Waals surface area contributed by atoms with Gasteiger partial charge in [0.1, 0.15) is 23.1 Å². The maximum absolute atomic E-state index is 14.8. The molecule has 1 aromatic carbocycles. The van der Waals surface area contributed by atoms with Gasteiger partial charge < -0.3 is 24.2 Å². The van der Waals surface area contributed by atoms with Crippen LogP contribution in [0.15, 0.2) is 18.2 Å². The van der Waals surface area contributed by atoms with Gasteiger partial charge in [0, 0.05) is 25.8 Å². The Balaban J connectivity index is 2.27. The largest absolute Gasteiger partial charge is 0.444 e. The van der Waals surface area contributed by atoms with E-state index in [1.165, 1.54) is 17.0 Å². The Bertz CT molecular complexity index is 696. The van der Waals surface area contributed by atoms with Crippen molar-refractivity contribution in [2.75, 3.05) is 33.4 Å². The molecule has 2 atom stereocenters. The molecule has 1 N–H and O–H groups in total. The summed E-state index contributed by atoms with van der Waals surface area (Å²) in [7, 11) is 1.60. The number of halogens is 2. The van der Waals surface area contributed by atoms with E-state index in [0.717, 1.165) is 0 Å². The number of aliphatic hydroxyl groups is 1. The molecule has 1 aliphatic rings. The van der Waals surface area contributed by atoms with Crippen molar-refractivity contribution in [2.24, 2.45) is 0 Å². The van der Waals surface area contributed by atoms with E-state index in [-0.39, 0.29) is 30.2 Å². The molecule has 1 fully saturated rings. The number of ether oxygens (including phenoxy) is 3. The van der Waals surface area contributed by atoms with Gasteiger partial charge in [0.2, 0.25) is 0 Å². The summed E-state index contributed by atoms with van der Waals surface area (Å²) in [5.74, 6) is -0.679. The fraction of sp³-hybridized carbons (Fsp3) is 0.667. The molecule has 1 unspecified atom stereocenters. The van der Waals surface area contributed by atoms with Gasteiger partial charge in [-0.2, -0.15) is 0 Å². The third kappa shape index (κ3) is 6.28. The van der Waals surface area contributed by atoms with E-state index in [2.05, 4.69) is 0 Å². The van der Waals surface area contributed by atoms with E-state index in [1.807, 2.05) is 0 Å². The van der Waals surface area contributed by atoms with Gasteiger partial charge in [0.25, 0.3) is 0 Å². The smallest absolute Gasteiger partial charge is 0.410 e. The van der Waals surface area contributed by atoms with E-state index in [4.69, 9.17) is 25.8 Å². The summed E-state index contributed by atoms with van der Waals surface area (Å²) in [4.78, 5) is 14.0. The van der Waals surface area contributed by atoms with Gasteiger partial charge in [-0.05, 0) is 46.1 Å². The minimum absolute atomic E-state index is 0.0680. The van der Waals surface area contributed by atoms with E-state index in [1.54, 1.807) is 33.9 Å². The average molecular weight is 432 g/mol. The molecule has 29 heavy (non-hydrogen) atoms. The molecule has 0 aromatic heterocycles. The SMILES string of the molecule is COCCCC[C@@](O)(c1cccc(Cl)c1F)C1CN(C(=O)OC(C)(C)C)CCO1. The molecule has 2 rings (SSSR count). The first kappa shape index (κ1) is 23.9. The summed E-state index contributed by atoms with van der Waals surface area (Å²) in [5.41, 5.74) is -2.22. The molecule has 0 bridgehead atoms. The van der Waals surface area contributed by atoms with E-state index in [0.29, 0.717) is 26.0 Å². The highest BCUT2D eigenvalue weighted by molar-refractivity contribution is 6.30. The van der Waals surface area contributed by atoms with Crippen LogP contribution in [0.25, 0.3) is 0 Å². The number of hydrogen-bond donors (Lipinski definition) is 1. The second-order valence-electron chi connectivity index (χ2n) is 8.26. The summed E-state index contributed by atoms with van der Waals surface area (Å²) in [6.07, 6.45) is 0.213. The summed E-state index contributed by atoms with van der Waals surface area (Å²) in [6, 6.07) is 4.53. The molecule has 0 spiro atoms. The molecule has 8 heteroatoms. The van der Waals surface area contributed by atoms with Crippen LogP contribution in [0.5, 0.6) is 0 Å². The predicted molar refractivity (Wildman–Crippen MR) is 109 cm³/mol. The molecule has 0 aliphatic carbocycles. The minimum Gasteiger partial charge on any atom is -0.444 e. The van der Waals surface area contributed by atoms with Crippen LogP contribution in [0.4, 0.5) is 9.18 Å². The highest BCUT2D eigenvalue weighted by Gasteiger charge is 2.44. The maximum atomic E-state index is 14.8. The van der Waals surface area contributed by atoms with E-state index < -0.39 is 29.2 Å². The molecule has 0 radical (unpaired) electrons. The van der Waals surface area contributed by atoms with Crippen LogP contribution >= 0.6 is 11.6 Å². The second-order valence-corrected chi connectivity index (χ2v) is 8.67. The van der Waals surface area contributed by atoms with Crippen molar-refractivity contribution < 1.29 is 28.5 Å². The van der Waals surface area contributed by atoms with Crippen LogP contribution in [0, 0.1) is 5.82 Å². The zero-order valence-corrected chi connectivity index (χ0v) is 18.3. The standard InChI is InChI=1S/C21H31ClFNO5/c1-20(2,3)29-19(25)24-11-13-28-17(14-24)21(26,10-5-6-12-27-4)15-8-7-9-16(22)18(15)23/h7-9,17,26H,5-6,10-14H2,1-4H3/t17?,21-/m1/s1. The van der Waals surface area contributed by atoms with Crippen molar-refractivity contribution in [1.29, 1.82) is 0 Å². The van der Waals surface area contributed by atoms with Crippen LogP contribution in [0.1, 0.15) is 45.6 Å². The molecule has 0 saturated carbocycles. The van der Waals surface area contributed by atoms with Gasteiger partial charge in [-0.15, -0.1) is 0 Å². The Morgan fingerprint density at radius 2 is 2.10 bits per heavy atom. The van der Waals surface area contributed by atoms with Crippen molar-refractivity contribution in [3.05, 3.63) is 34.6 Å². The molecule has 1 saturated heterocycles. The third-order valence-electron chi connectivity index (χ3n) is 4.83. The van der Waals surface area contributed by atoms with Crippen LogP contribution in [-0.2, 0) is 19.8 Å². The number of carbonyl (C=O) groups excluding carboxylic acids is 1. The number of rotatable bonds is 7. The number of methoxy groups -OCH3 is 1. The lowest BCUT2D eigenvalue weighted by molar-refractivity contribution is -0.152. The monoisotopic (exact) mass is 431 g/mol. The highest BCUT2D eigenvalue weighted by atomic mass is 35.5. The molecule has 6 nitrogen and oxygen atoms in total. The number of amides is 1. The molecule has 164 valence electrons. The molecule has 1 amide bonds. The van der Waals surface area contributed by atoms with Crippen LogP contribution in [-0.4, -0.2) is 61.2 Å². The fourth-order valence-electron chi connectivity index (χ4n) is 3.38. The van der Waals surface area contributed by atoms with Crippen molar-refractivity contribution in [3.63, 3.8) is 0 Å². The summed E-state index contributed by atoms with van der Waals surface area (Å²) >= 11 is 5.96. The Morgan fingerprint density at radius 1 is 1.38 bits per heavy atom. The molecule has 1 aliphatic heterocycles. The van der Waals surface area contributed by atoms with Crippen LogP contribution < -0.4 is 0 Å². The Labute approximate surface area is 176 Å². The maximum Gasteiger partial charge on any atom is 0.410 e. The Kier molecular flexibility index (Phi) is 8.28. The van der Waals surface area contributed by atoms with Gasteiger partial charge in [-0.1, -0.05) is 23.7 Å². The van der Waals surface area contributed by atoms with Crippen molar-refractivity contribution in [2.45, 2.75) is 57.3 Å². The zero-order chi connectivity index (χ0) is 21.7. The summed E-state index contributed by atoms with van der Waals surface area (Å²) < 4.78 is 31.2. The van der Waals surface area contributed by atoms with Crippen molar-refractivity contribution >= 4 is 17.7 Å². The topological polar surface area (TPSA) is 68.2 Å². The number of hydrogen-bond acceptors (Lipinski definition) is 5. The highest BCUT2D eigenvalue weighted by Crippen LogP contribution is 2.37. The number of unbranched alkanes of at least 4 members (excludes halogenated alkanes) is 1. The van der Waals surface area contributed by atoms with Crippen LogP contribution in [0.2, 0.25) is 5.02 Å². The first-order valence-electron chi connectivity index (χ1n) is 9.84. The molecular formula is C21H31ClFNO5. The molecular weight excluding hydrogens is 401 g/mol. The first-order valence-corrected chi connectivity index (χ1v) is 10.2. The van der Waals surface area contributed by atoms with Crippen molar-refractivity contribution in [3.8, 4) is 0 Å². The van der Waals surface area contributed by atoms with Gasteiger partial charge >= 0.3 is 6.09 Å². The first-order chi connectivity index (χ1) is 13.6. The quantitative estimate of drug-likeness (QED) is 0.658. The van der Waals surface area contributed by atoms with Gasteiger partial charge in [0.05, 0.1) is 18.2 Å². The Morgan fingerprint density at radius 3 is 2.76 bits per heavy atom. The molecule has 1 aromatic rings. The second kappa shape index (κ2) is 10.1. The average Bonchev–Trinajstić information content (AvgIpc) is 2.66. The fourth-order valence-corrected chi connectivity index (χ4v) is 3.55. The van der Waals surface area contributed by atoms with Crippen LogP contribution in [0.3, 0.4) is 0 Å². The summed E-state index contributed by atoms with van der Waals surface area (Å²) in [6.45, 7) is 6.53. The van der Waals surface area contributed by atoms with E-state index >= 15 is 0 Å². The normalized spacial score (nSPS) is 19.7. The van der Waals surface area contributed by atoms with Gasteiger partial charge in [-0.3, -0.25) is 0 Å². The Hall–Kier alpha value is -1.41.